The average Bonchev–Trinajstić information content (AvgIpc) is 2.75. The molecule has 102 valence electrons. The lowest BCUT2D eigenvalue weighted by molar-refractivity contribution is 0.230. The second-order valence-electron chi connectivity index (χ2n) is 4.48. The van der Waals surface area contributed by atoms with Crippen LogP contribution in [0.4, 0.5) is 5.82 Å². The second-order valence-corrected chi connectivity index (χ2v) is 4.87. The van der Waals surface area contributed by atoms with Gasteiger partial charge in [0.2, 0.25) is 0 Å². The molecule has 3 heterocycles. The molecule has 0 radical (unpaired) electrons. The minimum absolute atomic E-state index is 0. The van der Waals surface area contributed by atoms with E-state index in [9.17, 15) is 0 Å². The Bertz CT molecular complexity index is 390. The first kappa shape index (κ1) is 15.8. The van der Waals surface area contributed by atoms with E-state index in [0.29, 0.717) is 11.2 Å². The second kappa shape index (κ2) is 6.75. The first-order valence-electron chi connectivity index (χ1n) is 5.79. The molecule has 0 saturated carbocycles. The van der Waals surface area contributed by atoms with Gasteiger partial charge in [0.15, 0.2) is 0 Å². The molecule has 0 amide bonds. The van der Waals surface area contributed by atoms with Gasteiger partial charge in [-0.25, -0.2) is 4.98 Å². The quantitative estimate of drug-likeness (QED) is 0.796. The maximum atomic E-state index is 5.86. The zero-order valence-electron chi connectivity index (χ0n) is 9.96. The number of anilines is 1. The van der Waals surface area contributed by atoms with Crippen LogP contribution in [0, 0.1) is 0 Å². The number of rotatable bonds is 1. The molecule has 2 fully saturated rings. The van der Waals surface area contributed by atoms with Crippen molar-refractivity contribution in [3.05, 3.63) is 17.5 Å². The van der Waals surface area contributed by atoms with Crippen molar-refractivity contribution < 1.29 is 0 Å². The largest absolute Gasteiger partial charge is 0.352 e. The van der Waals surface area contributed by atoms with Crippen LogP contribution in [0.15, 0.2) is 12.4 Å². The van der Waals surface area contributed by atoms with Gasteiger partial charge in [-0.3, -0.25) is 9.88 Å². The average molecular weight is 312 g/mol. The van der Waals surface area contributed by atoms with Crippen molar-refractivity contribution in [2.45, 2.75) is 18.9 Å². The third-order valence-corrected chi connectivity index (χ3v) is 3.69. The van der Waals surface area contributed by atoms with Crippen molar-refractivity contribution >= 4 is 42.2 Å². The molecular formula is C11H17Cl3N4. The van der Waals surface area contributed by atoms with Gasteiger partial charge in [0.25, 0.3) is 0 Å². The minimum Gasteiger partial charge on any atom is -0.352 e. The van der Waals surface area contributed by atoms with Gasteiger partial charge in [0, 0.05) is 25.7 Å². The van der Waals surface area contributed by atoms with E-state index in [0.717, 1.165) is 25.5 Å². The summed E-state index contributed by atoms with van der Waals surface area (Å²) in [4.78, 5) is 13.3. The Morgan fingerprint density at radius 1 is 1.17 bits per heavy atom. The van der Waals surface area contributed by atoms with E-state index >= 15 is 0 Å². The molecule has 0 aromatic carbocycles. The van der Waals surface area contributed by atoms with E-state index in [1.807, 2.05) is 0 Å². The summed E-state index contributed by atoms with van der Waals surface area (Å²) < 4.78 is 0. The summed E-state index contributed by atoms with van der Waals surface area (Å²) in [6, 6.07) is 0.703. The smallest absolute Gasteiger partial charge is 0.149 e. The minimum atomic E-state index is 0. The Balaban J connectivity index is 0.000000810. The van der Waals surface area contributed by atoms with Gasteiger partial charge in [0.05, 0.1) is 12.4 Å². The van der Waals surface area contributed by atoms with Gasteiger partial charge in [-0.2, -0.15) is 0 Å². The van der Waals surface area contributed by atoms with Crippen LogP contribution in [0.5, 0.6) is 0 Å². The molecular weight excluding hydrogens is 295 g/mol. The Morgan fingerprint density at radius 2 is 2.00 bits per heavy atom. The van der Waals surface area contributed by atoms with Gasteiger partial charge in [-0.1, -0.05) is 11.6 Å². The lowest BCUT2D eigenvalue weighted by Gasteiger charge is -2.37. The van der Waals surface area contributed by atoms with Crippen molar-refractivity contribution in [3.63, 3.8) is 0 Å². The van der Waals surface area contributed by atoms with E-state index in [1.165, 1.54) is 19.4 Å². The van der Waals surface area contributed by atoms with Crippen LogP contribution < -0.4 is 4.90 Å². The summed E-state index contributed by atoms with van der Waals surface area (Å²) in [5.41, 5.74) is 0. The van der Waals surface area contributed by atoms with Crippen molar-refractivity contribution in [2.75, 3.05) is 31.1 Å². The van der Waals surface area contributed by atoms with Gasteiger partial charge < -0.3 is 4.90 Å². The number of fused-ring (bicyclic) bond motifs is 1. The maximum Gasteiger partial charge on any atom is 0.149 e. The van der Waals surface area contributed by atoms with Gasteiger partial charge in [0.1, 0.15) is 11.0 Å². The number of aromatic nitrogens is 2. The third kappa shape index (κ3) is 3.18. The van der Waals surface area contributed by atoms with Crippen molar-refractivity contribution in [1.29, 1.82) is 0 Å². The van der Waals surface area contributed by atoms with E-state index in [2.05, 4.69) is 19.8 Å². The molecule has 0 aliphatic carbocycles. The zero-order chi connectivity index (χ0) is 11.0. The van der Waals surface area contributed by atoms with Crippen LogP contribution in [-0.4, -0.2) is 47.1 Å². The van der Waals surface area contributed by atoms with Crippen LogP contribution in [-0.2, 0) is 0 Å². The molecule has 1 atom stereocenters. The number of hydrogen-bond donors (Lipinski definition) is 0. The van der Waals surface area contributed by atoms with E-state index < -0.39 is 0 Å². The Hall–Kier alpha value is -0.290. The standard InChI is InChI=1S/C11H15ClN4.2ClH/c12-10-6-13-7-11(14-10)16-5-4-15-3-1-2-9(15)8-16;;/h6-7,9H,1-5,8H2;2*1H. The fourth-order valence-electron chi connectivity index (χ4n) is 2.68. The summed E-state index contributed by atoms with van der Waals surface area (Å²) in [7, 11) is 0. The van der Waals surface area contributed by atoms with E-state index in [-0.39, 0.29) is 24.8 Å². The van der Waals surface area contributed by atoms with Crippen molar-refractivity contribution in [3.8, 4) is 0 Å². The molecule has 2 aliphatic rings. The first-order chi connectivity index (χ1) is 7.83. The predicted molar refractivity (Wildman–Crippen MR) is 78.3 cm³/mol. The molecule has 4 nitrogen and oxygen atoms in total. The Kier molecular flexibility index (Phi) is 5.92. The SMILES string of the molecule is Cl.Cl.Clc1cncc(N2CCN3CCCC3C2)n1. The molecule has 0 bridgehead atoms. The topological polar surface area (TPSA) is 32.3 Å². The molecule has 7 heteroatoms. The predicted octanol–water partition coefficient (Wildman–Crippen LogP) is 2.26. The molecule has 0 spiro atoms. The number of piperazine rings is 1. The monoisotopic (exact) mass is 310 g/mol. The van der Waals surface area contributed by atoms with Crippen LogP contribution in [0.1, 0.15) is 12.8 Å². The summed E-state index contributed by atoms with van der Waals surface area (Å²) in [5.74, 6) is 0.916. The summed E-state index contributed by atoms with van der Waals surface area (Å²) in [5, 5.41) is 0.478. The molecule has 1 aromatic rings. The molecule has 18 heavy (non-hydrogen) atoms. The van der Waals surface area contributed by atoms with E-state index in [1.54, 1.807) is 12.4 Å². The fraction of sp³-hybridized carbons (Fsp3) is 0.636. The van der Waals surface area contributed by atoms with Gasteiger partial charge >= 0.3 is 0 Å². The lowest BCUT2D eigenvalue weighted by Crippen LogP contribution is -2.50. The van der Waals surface area contributed by atoms with E-state index in [4.69, 9.17) is 11.6 Å². The molecule has 2 saturated heterocycles. The van der Waals surface area contributed by atoms with Crippen molar-refractivity contribution in [1.82, 2.24) is 14.9 Å². The Morgan fingerprint density at radius 3 is 2.78 bits per heavy atom. The molecule has 3 rings (SSSR count). The lowest BCUT2D eigenvalue weighted by atomic mass is 10.1. The normalized spacial score (nSPS) is 22.9. The van der Waals surface area contributed by atoms with Crippen molar-refractivity contribution in [2.24, 2.45) is 0 Å². The highest BCUT2D eigenvalue weighted by molar-refractivity contribution is 6.29. The maximum absolute atomic E-state index is 5.86. The number of halogens is 3. The van der Waals surface area contributed by atoms with Gasteiger partial charge in [-0.15, -0.1) is 24.8 Å². The third-order valence-electron chi connectivity index (χ3n) is 3.50. The van der Waals surface area contributed by atoms with Crippen LogP contribution in [0.2, 0.25) is 5.15 Å². The van der Waals surface area contributed by atoms with Crippen LogP contribution >= 0.6 is 36.4 Å². The fourth-order valence-corrected chi connectivity index (χ4v) is 2.83. The van der Waals surface area contributed by atoms with Crippen LogP contribution in [0.3, 0.4) is 0 Å². The Labute approximate surface area is 125 Å². The highest BCUT2D eigenvalue weighted by Gasteiger charge is 2.30. The molecule has 1 aromatic heterocycles. The highest BCUT2D eigenvalue weighted by Crippen LogP contribution is 2.24. The summed E-state index contributed by atoms with van der Waals surface area (Å²) >= 11 is 5.86. The molecule has 0 N–H and O–H groups in total. The number of hydrogen-bond acceptors (Lipinski definition) is 4. The highest BCUT2D eigenvalue weighted by atomic mass is 35.5. The first-order valence-corrected chi connectivity index (χ1v) is 6.17. The molecule has 1 unspecified atom stereocenters. The summed E-state index contributed by atoms with van der Waals surface area (Å²) in [6.07, 6.45) is 6.03. The zero-order valence-corrected chi connectivity index (χ0v) is 12.3. The molecule has 2 aliphatic heterocycles. The van der Waals surface area contributed by atoms with Crippen LogP contribution in [0.25, 0.3) is 0 Å². The summed E-state index contributed by atoms with van der Waals surface area (Å²) in [6.45, 7) is 4.50. The van der Waals surface area contributed by atoms with Gasteiger partial charge in [-0.05, 0) is 19.4 Å². The number of nitrogens with zero attached hydrogens (tertiary/aromatic N) is 4.